The number of nitrogens with zero attached hydrogens (tertiary/aromatic N) is 3. The smallest absolute Gasteiger partial charge is 0.146 e. The predicted octanol–water partition coefficient (Wildman–Crippen LogP) is 3.19. The SMILES string of the molecule is CN1CCc2c(C#N)c(NCCc3ccccc3)nc(NC[C@H]3CCCO3)c2C1. The number of nitrogens with one attached hydrogen (secondary N) is 2. The summed E-state index contributed by atoms with van der Waals surface area (Å²) in [7, 11) is 2.12. The van der Waals surface area contributed by atoms with Crippen LogP contribution in [-0.2, 0) is 24.1 Å². The second-order valence-corrected chi connectivity index (χ2v) is 7.92. The van der Waals surface area contributed by atoms with Gasteiger partial charge in [0.15, 0.2) is 0 Å². The van der Waals surface area contributed by atoms with Crippen LogP contribution in [0.2, 0.25) is 0 Å². The third kappa shape index (κ3) is 4.69. The summed E-state index contributed by atoms with van der Waals surface area (Å²) in [6.45, 7) is 4.13. The summed E-state index contributed by atoms with van der Waals surface area (Å²) < 4.78 is 5.76. The Morgan fingerprint density at radius 2 is 2.07 bits per heavy atom. The van der Waals surface area contributed by atoms with Gasteiger partial charge in [0, 0.05) is 38.3 Å². The van der Waals surface area contributed by atoms with Crippen molar-refractivity contribution in [3.05, 3.63) is 52.6 Å². The molecule has 1 fully saturated rings. The monoisotopic (exact) mass is 391 g/mol. The maximum atomic E-state index is 9.87. The topological polar surface area (TPSA) is 73.2 Å². The minimum Gasteiger partial charge on any atom is -0.376 e. The highest BCUT2D eigenvalue weighted by Gasteiger charge is 2.25. The summed E-state index contributed by atoms with van der Waals surface area (Å²) >= 11 is 0. The van der Waals surface area contributed by atoms with Crippen LogP contribution in [0.4, 0.5) is 11.6 Å². The van der Waals surface area contributed by atoms with Crippen LogP contribution in [0, 0.1) is 11.3 Å². The molecule has 3 heterocycles. The van der Waals surface area contributed by atoms with E-state index in [0.29, 0.717) is 11.4 Å². The molecule has 6 heteroatoms. The normalized spacial score (nSPS) is 18.8. The molecule has 0 aliphatic carbocycles. The van der Waals surface area contributed by atoms with Crippen LogP contribution >= 0.6 is 0 Å². The van der Waals surface area contributed by atoms with E-state index >= 15 is 0 Å². The number of benzene rings is 1. The first-order valence-electron chi connectivity index (χ1n) is 10.5. The van der Waals surface area contributed by atoms with Gasteiger partial charge in [-0.2, -0.15) is 5.26 Å². The highest BCUT2D eigenvalue weighted by molar-refractivity contribution is 5.66. The van der Waals surface area contributed by atoms with Gasteiger partial charge >= 0.3 is 0 Å². The molecule has 0 amide bonds. The molecule has 6 nitrogen and oxygen atoms in total. The highest BCUT2D eigenvalue weighted by Crippen LogP contribution is 2.31. The Bertz CT molecular complexity index is 871. The van der Waals surface area contributed by atoms with E-state index in [9.17, 15) is 5.26 Å². The summed E-state index contributed by atoms with van der Waals surface area (Å²) in [5.41, 5.74) is 4.26. The summed E-state index contributed by atoms with van der Waals surface area (Å²) in [5, 5.41) is 16.8. The molecule has 0 bridgehead atoms. The number of pyridine rings is 1. The first-order valence-corrected chi connectivity index (χ1v) is 10.5. The maximum absolute atomic E-state index is 9.87. The number of hydrogen-bond donors (Lipinski definition) is 2. The van der Waals surface area contributed by atoms with E-state index < -0.39 is 0 Å². The lowest BCUT2D eigenvalue weighted by atomic mass is 9.95. The van der Waals surface area contributed by atoms with Crippen molar-refractivity contribution in [2.24, 2.45) is 0 Å². The number of aromatic nitrogens is 1. The van der Waals surface area contributed by atoms with Crippen molar-refractivity contribution < 1.29 is 4.74 Å². The Balaban J connectivity index is 1.55. The number of nitriles is 1. The summed E-state index contributed by atoms with van der Waals surface area (Å²) in [6.07, 6.45) is 4.23. The molecule has 4 rings (SSSR count). The molecule has 0 radical (unpaired) electrons. The maximum Gasteiger partial charge on any atom is 0.146 e. The summed E-state index contributed by atoms with van der Waals surface area (Å²) in [5.74, 6) is 1.59. The molecule has 1 aromatic carbocycles. The largest absolute Gasteiger partial charge is 0.376 e. The average molecular weight is 392 g/mol. The number of ether oxygens (including phenoxy) is 1. The molecule has 0 unspecified atom stereocenters. The van der Waals surface area contributed by atoms with Crippen LogP contribution in [0.25, 0.3) is 0 Å². The van der Waals surface area contributed by atoms with E-state index in [2.05, 4.69) is 52.9 Å². The van der Waals surface area contributed by atoms with Crippen molar-refractivity contribution in [3.63, 3.8) is 0 Å². The van der Waals surface area contributed by atoms with E-state index in [4.69, 9.17) is 9.72 Å². The molecule has 0 spiro atoms. The fourth-order valence-electron chi connectivity index (χ4n) is 4.15. The third-order valence-corrected chi connectivity index (χ3v) is 5.77. The van der Waals surface area contributed by atoms with E-state index in [-0.39, 0.29) is 6.10 Å². The molecule has 1 aromatic heterocycles. The second kappa shape index (κ2) is 9.25. The molecule has 29 heavy (non-hydrogen) atoms. The Morgan fingerprint density at radius 3 is 2.83 bits per heavy atom. The first kappa shape index (κ1) is 19.7. The zero-order valence-corrected chi connectivity index (χ0v) is 17.1. The van der Waals surface area contributed by atoms with Crippen molar-refractivity contribution >= 4 is 11.6 Å². The molecule has 152 valence electrons. The Hall–Kier alpha value is -2.62. The van der Waals surface area contributed by atoms with Crippen LogP contribution in [0.5, 0.6) is 0 Å². The quantitative estimate of drug-likeness (QED) is 0.755. The van der Waals surface area contributed by atoms with Gasteiger partial charge in [0.1, 0.15) is 17.7 Å². The van der Waals surface area contributed by atoms with Crippen molar-refractivity contribution in [1.82, 2.24) is 9.88 Å². The van der Waals surface area contributed by atoms with Crippen LogP contribution in [0.15, 0.2) is 30.3 Å². The minimum absolute atomic E-state index is 0.249. The second-order valence-electron chi connectivity index (χ2n) is 7.92. The zero-order valence-electron chi connectivity index (χ0n) is 17.1. The van der Waals surface area contributed by atoms with Gasteiger partial charge in [0.2, 0.25) is 0 Å². The highest BCUT2D eigenvalue weighted by atomic mass is 16.5. The van der Waals surface area contributed by atoms with Crippen LogP contribution in [0.1, 0.15) is 35.1 Å². The van der Waals surface area contributed by atoms with Crippen molar-refractivity contribution in [3.8, 4) is 6.07 Å². The van der Waals surface area contributed by atoms with Crippen LogP contribution in [0.3, 0.4) is 0 Å². The van der Waals surface area contributed by atoms with Crippen molar-refractivity contribution in [2.75, 3.05) is 43.9 Å². The number of hydrogen-bond acceptors (Lipinski definition) is 6. The van der Waals surface area contributed by atoms with Crippen molar-refractivity contribution in [1.29, 1.82) is 5.26 Å². The molecular formula is C23H29N5O. The number of likely N-dealkylation sites (N-methyl/N-ethyl adjacent to an activating group) is 1. The molecule has 2 aromatic rings. The molecule has 0 saturated carbocycles. The van der Waals surface area contributed by atoms with E-state index in [0.717, 1.165) is 75.4 Å². The number of rotatable bonds is 7. The lowest BCUT2D eigenvalue weighted by Gasteiger charge is -2.29. The summed E-state index contributed by atoms with van der Waals surface area (Å²) in [4.78, 5) is 7.14. The molecule has 2 N–H and O–H groups in total. The fraction of sp³-hybridized carbons (Fsp3) is 0.478. The summed E-state index contributed by atoms with van der Waals surface area (Å²) in [6, 6.07) is 12.8. The van der Waals surface area contributed by atoms with Gasteiger partial charge in [-0.25, -0.2) is 4.98 Å². The van der Waals surface area contributed by atoms with Crippen LogP contribution in [-0.4, -0.2) is 49.3 Å². The molecule has 1 atom stereocenters. The minimum atomic E-state index is 0.249. The first-order chi connectivity index (χ1) is 14.2. The van der Waals surface area contributed by atoms with Crippen molar-refractivity contribution in [2.45, 2.75) is 38.3 Å². The van der Waals surface area contributed by atoms with Gasteiger partial charge in [-0.15, -0.1) is 0 Å². The molecule has 2 aliphatic rings. The molecule has 2 aliphatic heterocycles. The van der Waals surface area contributed by atoms with Gasteiger partial charge in [-0.1, -0.05) is 30.3 Å². The molecular weight excluding hydrogens is 362 g/mol. The van der Waals surface area contributed by atoms with Gasteiger partial charge in [-0.3, -0.25) is 0 Å². The van der Waals surface area contributed by atoms with Gasteiger partial charge < -0.3 is 20.3 Å². The van der Waals surface area contributed by atoms with Crippen LogP contribution < -0.4 is 10.6 Å². The lowest BCUT2D eigenvalue weighted by molar-refractivity contribution is 0.120. The number of anilines is 2. The van der Waals surface area contributed by atoms with E-state index in [1.807, 2.05) is 6.07 Å². The third-order valence-electron chi connectivity index (χ3n) is 5.77. The number of fused-ring (bicyclic) bond motifs is 1. The van der Waals surface area contributed by atoms with E-state index in [1.54, 1.807) is 0 Å². The predicted molar refractivity (Wildman–Crippen MR) is 115 cm³/mol. The lowest BCUT2D eigenvalue weighted by Crippen LogP contribution is -2.30. The van der Waals surface area contributed by atoms with Gasteiger partial charge in [0.25, 0.3) is 0 Å². The Morgan fingerprint density at radius 1 is 1.21 bits per heavy atom. The Labute approximate surface area is 172 Å². The fourth-order valence-corrected chi connectivity index (χ4v) is 4.15. The van der Waals surface area contributed by atoms with Gasteiger partial charge in [0.05, 0.1) is 11.7 Å². The van der Waals surface area contributed by atoms with E-state index in [1.165, 1.54) is 5.56 Å². The Kier molecular flexibility index (Phi) is 6.28. The standard InChI is InChI=1S/C23H29N5O/c1-28-12-10-19-20(14-24)22(25-11-9-17-6-3-2-4-7-17)27-23(21(19)16-28)26-15-18-8-5-13-29-18/h2-4,6-7,18H,5,8-13,15-16H2,1H3,(H2,25,26,27)/t18-/m1/s1. The average Bonchev–Trinajstić information content (AvgIpc) is 3.26. The van der Waals surface area contributed by atoms with Gasteiger partial charge in [-0.05, 0) is 43.9 Å². The molecule has 1 saturated heterocycles. The zero-order chi connectivity index (χ0) is 20.1.